The highest BCUT2D eigenvalue weighted by molar-refractivity contribution is 7.89. The molecular weight excluding hydrogens is 464 g/mol. The number of nitrogens with zero attached hydrogens (tertiary/aromatic N) is 3. The second kappa shape index (κ2) is 10.1. The minimum absolute atomic E-state index is 0.0232. The van der Waals surface area contributed by atoms with Gasteiger partial charge in [0.2, 0.25) is 10.0 Å². The highest BCUT2D eigenvalue weighted by Gasteiger charge is 2.29. The lowest BCUT2D eigenvalue weighted by molar-refractivity contribution is 0.102. The number of piperidine rings is 1. The summed E-state index contributed by atoms with van der Waals surface area (Å²) in [6.45, 7) is 4.39. The van der Waals surface area contributed by atoms with Crippen LogP contribution in [0.4, 0.5) is 5.69 Å². The van der Waals surface area contributed by atoms with Crippen LogP contribution in [0.25, 0.3) is 0 Å². The first-order valence-corrected chi connectivity index (χ1v) is 13.1. The van der Waals surface area contributed by atoms with Crippen LogP contribution in [0.5, 0.6) is 0 Å². The fourth-order valence-corrected chi connectivity index (χ4v) is 5.94. The quantitative estimate of drug-likeness (QED) is 0.567. The third-order valence-corrected chi connectivity index (χ3v) is 8.56. The van der Waals surface area contributed by atoms with Crippen LogP contribution in [0.2, 0.25) is 0 Å². The maximum absolute atomic E-state index is 13.2. The Hall–Kier alpha value is -3.30. The van der Waals surface area contributed by atoms with Crippen LogP contribution in [0.1, 0.15) is 40.0 Å². The summed E-state index contributed by atoms with van der Waals surface area (Å²) in [5, 5.41) is 6.78. The van der Waals surface area contributed by atoms with Gasteiger partial charge in [-0.05, 0) is 74.4 Å². The Morgan fingerprint density at radius 2 is 1.66 bits per heavy atom. The number of anilines is 1. The van der Waals surface area contributed by atoms with Crippen LogP contribution < -0.4 is 10.9 Å². The normalized spacial score (nSPS) is 15.2. The number of benzene rings is 2. The monoisotopic (exact) mass is 494 g/mol. The lowest BCUT2D eigenvalue weighted by Crippen LogP contribution is -2.38. The van der Waals surface area contributed by atoms with Gasteiger partial charge in [0.05, 0.1) is 10.6 Å². The summed E-state index contributed by atoms with van der Waals surface area (Å²) in [4.78, 5) is 25.4. The molecule has 0 atom stereocenters. The molecule has 8 nitrogen and oxygen atoms in total. The molecule has 2 aromatic carbocycles. The van der Waals surface area contributed by atoms with Crippen molar-refractivity contribution in [3.8, 4) is 0 Å². The first-order chi connectivity index (χ1) is 16.7. The van der Waals surface area contributed by atoms with E-state index >= 15 is 0 Å². The van der Waals surface area contributed by atoms with Crippen molar-refractivity contribution >= 4 is 21.6 Å². The molecule has 1 saturated heterocycles. The summed E-state index contributed by atoms with van der Waals surface area (Å²) < 4.78 is 29.0. The molecule has 9 heteroatoms. The molecule has 184 valence electrons. The van der Waals surface area contributed by atoms with Crippen LogP contribution >= 0.6 is 0 Å². The van der Waals surface area contributed by atoms with Crippen LogP contribution in [0.15, 0.2) is 64.3 Å². The number of amides is 1. The number of hydrogen-bond donors (Lipinski definition) is 1. The van der Waals surface area contributed by atoms with Crippen LogP contribution in [0, 0.1) is 19.8 Å². The molecule has 1 fully saturated rings. The van der Waals surface area contributed by atoms with E-state index in [0.29, 0.717) is 36.0 Å². The van der Waals surface area contributed by atoms with Crippen molar-refractivity contribution in [3.05, 3.63) is 87.3 Å². The largest absolute Gasteiger partial charge is 0.322 e. The summed E-state index contributed by atoms with van der Waals surface area (Å²) in [6, 6.07) is 16.3. The van der Waals surface area contributed by atoms with Gasteiger partial charge >= 0.3 is 0 Å². The second-order valence-electron chi connectivity index (χ2n) is 9.03. The maximum Gasteiger partial charge on any atom is 0.279 e. The van der Waals surface area contributed by atoms with Crippen molar-refractivity contribution in [3.63, 3.8) is 0 Å². The first kappa shape index (κ1) is 24.8. The fraction of sp³-hybridized carbons (Fsp3) is 0.346. The molecule has 1 aliphatic rings. The van der Waals surface area contributed by atoms with E-state index in [1.54, 1.807) is 26.0 Å². The second-order valence-corrected chi connectivity index (χ2v) is 11.0. The number of sulfonamides is 1. The molecule has 4 rings (SSSR count). The highest BCUT2D eigenvalue weighted by Crippen LogP contribution is 2.27. The van der Waals surface area contributed by atoms with E-state index in [9.17, 15) is 18.0 Å². The standard InChI is InChI=1S/C26H30N4O4S/c1-18-19(2)28-29(3)26(32)24(18)25(31)27-22-9-11-23(12-10-22)35(33,34)30-15-13-21(14-16-30)17-20-7-5-4-6-8-20/h4-12,21H,13-17H2,1-3H3,(H,27,31). The molecule has 0 spiro atoms. The Morgan fingerprint density at radius 1 is 1.03 bits per heavy atom. The molecule has 0 saturated carbocycles. The summed E-state index contributed by atoms with van der Waals surface area (Å²) in [6.07, 6.45) is 2.60. The van der Waals surface area contributed by atoms with Gasteiger partial charge in [-0.15, -0.1) is 0 Å². The lowest BCUT2D eigenvalue weighted by Gasteiger charge is -2.31. The SMILES string of the molecule is Cc1nn(C)c(=O)c(C(=O)Nc2ccc(S(=O)(=O)N3CCC(Cc4ccccc4)CC3)cc2)c1C. The number of aryl methyl sites for hydroxylation is 2. The van der Waals surface area contributed by atoms with Gasteiger partial charge in [-0.2, -0.15) is 9.40 Å². The van der Waals surface area contributed by atoms with Crippen molar-refractivity contribution < 1.29 is 13.2 Å². The van der Waals surface area contributed by atoms with E-state index < -0.39 is 21.5 Å². The zero-order chi connectivity index (χ0) is 25.2. The zero-order valence-electron chi connectivity index (χ0n) is 20.2. The molecule has 0 radical (unpaired) electrons. The Morgan fingerprint density at radius 3 is 2.29 bits per heavy atom. The molecule has 1 N–H and O–H groups in total. The van der Waals surface area contributed by atoms with Gasteiger partial charge in [-0.1, -0.05) is 30.3 Å². The minimum atomic E-state index is -3.62. The minimum Gasteiger partial charge on any atom is -0.322 e. The van der Waals surface area contributed by atoms with Crippen molar-refractivity contribution in [1.29, 1.82) is 0 Å². The topological polar surface area (TPSA) is 101 Å². The van der Waals surface area contributed by atoms with Gasteiger partial charge in [0.15, 0.2) is 0 Å². The lowest BCUT2D eigenvalue weighted by atomic mass is 9.91. The molecule has 1 amide bonds. The van der Waals surface area contributed by atoms with E-state index in [1.807, 2.05) is 18.2 Å². The van der Waals surface area contributed by atoms with E-state index in [2.05, 4.69) is 22.5 Å². The predicted octanol–water partition coefficient (Wildman–Crippen LogP) is 3.29. The van der Waals surface area contributed by atoms with E-state index in [-0.39, 0.29) is 10.5 Å². The predicted molar refractivity (Wildman–Crippen MR) is 135 cm³/mol. The molecule has 0 bridgehead atoms. The number of carbonyl (C=O) groups excluding carboxylic acids is 1. The average molecular weight is 495 g/mol. The molecule has 0 unspecified atom stereocenters. The molecule has 2 heterocycles. The maximum atomic E-state index is 13.2. The summed E-state index contributed by atoms with van der Waals surface area (Å²) in [5.41, 5.74) is 2.33. The number of rotatable bonds is 6. The van der Waals surface area contributed by atoms with E-state index in [0.717, 1.165) is 23.9 Å². The molecule has 3 aromatic rings. The van der Waals surface area contributed by atoms with Crippen molar-refractivity contribution in [1.82, 2.24) is 14.1 Å². The molecular formula is C26H30N4O4S. The number of hydrogen-bond acceptors (Lipinski definition) is 5. The molecule has 1 aromatic heterocycles. The van der Waals surface area contributed by atoms with Crippen molar-refractivity contribution in [2.24, 2.45) is 13.0 Å². The Bertz CT molecular complexity index is 1380. The van der Waals surface area contributed by atoms with Crippen LogP contribution in [-0.4, -0.2) is 41.5 Å². The molecule has 35 heavy (non-hydrogen) atoms. The van der Waals surface area contributed by atoms with E-state index in [4.69, 9.17) is 0 Å². The van der Waals surface area contributed by atoms with Gasteiger partial charge in [-0.3, -0.25) is 9.59 Å². The number of carbonyl (C=O) groups is 1. The third-order valence-electron chi connectivity index (χ3n) is 6.64. The Labute approximate surface area is 205 Å². The van der Waals surface area contributed by atoms with Gasteiger partial charge in [0.1, 0.15) is 5.56 Å². The van der Waals surface area contributed by atoms with Gasteiger partial charge in [0, 0.05) is 25.8 Å². The van der Waals surface area contributed by atoms with Crippen molar-refractivity contribution in [2.75, 3.05) is 18.4 Å². The Balaban J connectivity index is 1.41. The first-order valence-electron chi connectivity index (χ1n) is 11.7. The van der Waals surface area contributed by atoms with E-state index in [1.165, 1.54) is 29.0 Å². The number of aromatic nitrogens is 2. The highest BCUT2D eigenvalue weighted by atomic mass is 32.2. The Kier molecular flexibility index (Phi) is 7.18. The fourth-order valence-electron chi connectivity index (χ4n) is 4.47. The number of nitrogens with one attached hydrogen (secondary N) is 1. The molecule has 0 aliphatic carbocycles. The smallest absolute Gasteiger partial charge is 0.279 e. The van der Waals surface area contributed by atoms with Crippen LogP contribution in [0.3, 0.4) is 0 Å². The third kappa shape index (κ3) is 5.36. The molecule has 1 aliphatic heterocycles. The van der Waals surface area contributed by atoms with Crippen molar-refractivity contribution in [2.45, 2.75) is 38.0 Å². The average Bonchev–Trinajstić information content (AvgIpc) is 2.84. The van der Waals surface area contributed by atoms with Gasteiger partial charge < -0.3 is 5.32 Å². The van der Waals surface area contributed by atoms with Gasteiger partial charge in [-0.25, -0.2) is 13.1 Å². The summed E-state index contributed by atoms with van der Waals surface area (Å²) >= 11 is 0. The van der Waals surface area contributed by atoms with Gasteiger partial charge in [0.25, 0.3) is 11.5 Å². The summed E-state index contributed by atoms with van der Waals surface area (Å²) in [7, 11) is -2.13. The zero-order valence-corrected chi connectivity index (χ0v) is 21.0. The van der Waals surface area contributed by atoms with Crippen LogP contribution in [-0.2, 0) is 23.5 Å². The summed E-state index contributed by atoms with van der Waals surface area (Å²) in [5.74, 6) is -0.0841.